The summed E-state index contributed by atoms with van der Waals surface area (Å²) in [5, 5.41) is 11.2. The number of hydrogen-bond donors (Lipinski definition) is 2. The first-order chi connectivity index (χ1) is 14.1. The summed E-state index contributed by atoms with van der Waals surface area (Å²) in [5.41, 5.74) is 7.36. The van der Waals surface area contributed by atoms with Crippen molar-refractivity contribution in [1.82, 2.24) is 15.2 Å². The predicted octanol–water partition coefficient (Wildman–Crippen LogP) is 4.60. The quantitative estimate of drug-likeness (QED) is 0.402. The lowest BCUT2D eigenvalue weighted by Gasteiger charge is -2.14. The third-order valence-electron chi connectivity index (χ3n) is 3.88. The van der Waals surface area contributed by atoms with Crippen LogP contribution in [-0.2, 0) is 4.79 Å². The molecule has 4 aromatic rings. The van der Waals surface area contributed by atoms with Crippen molar-refractivity contribution in [2.24, 2.45) is 0 Å². The molecule has 0 radical (unpaired) electrons. The van der Waals surface area contributed by atoms with Gasteiger partial charge in [0.15, 0.2) is 9.47 Å². The Balaban J connectivity index is 1.58. The number of thiazole rings is 1. The molecule has 0 aliphatic rings. The fourth-order valence-corrected chi connectivity index (χ4v) is 5.38. The second-order valence-electron chi connectivity index (χ2n) is 5.89. The standard InChI is InChI=1S/C19H17N5O2S3/c1-2-26-12-8-9-13-14(10-12)27-18(21-13)22-16(25)15(11-6-4-3-5-7-11)28-19-24-23-17(20)29-19/h3-10,15H,2H2,1H3,(H2,20,23)(H,21,22,25)/t15-/m0/s1. The van der Waals surface area contributed by atoms with E-state index in [0.717, 1.165) is 21.5 Å². The van der Waals surface area contributed by atoms with E-state index < -0.39 is 5.25 Å². The number of benzene rings is 2. The van der Waals surface area contributed by atoms with Crippen molar-refractivity contribution >= 4 is 60.8 Å². The van der Waals surface area contributed by atoms with E-state index in [-0.39, 0.29) is 5.91 Å². The van der Waals surface area contributed by atoms with Gasteiger partial charge in [-0.1, -0.05) is 64.8 Å². The van der Waals surface area contributed by atoms with Gasteiger partial charge in [0, 0.05) is 0 Å². The Bertz CT molecular complexity index is 1130. The first-order valence-electron chi connectivity index (χ1n) is 8.77. The average molecular weight is 444 g/mol. The molecule has 2 heterocycles. The molecular weight excluding hydrogens is 426 g/mol. The number of amides is 1. The summed E-state index contributed by atoms with van der Waals surface area (Å²) in [6.07, 6.45) is 0. The van der Waals surface area contributed by atoms with E-state index in [1.165, 1.54) is 34.4 Å². The molecule has 0 fully saturated rings. The minimum Gasteiger partial charge on any atom is -0.494 e. The van der Waals surface area contributed by atoms with Crippen LogP contribution in [0.25, 0.3) is 10.2 Å². The molecule has 0 unspecified atom stereocenters. The summed E-state index contributed by atoms with van der Waals surface area (Å²) in [4.78, 5) is 17.6. The third-order valence-corrected chi connectivity index (χ3v) is 6.91. The number of carbonyl (C=O) groups is 1. The van der Waals surface area contributed by atoms with Gasteiger partial charge in [0.2, 0.25) is 11.0 Å². The van der Waals surface area contributed by atoms with E-state index >= 15 is 0 Å². The van der Waals surface area contributed by atoms with E-state index in [1.54, 1.807) is 0 Å². The molecule has 29 heavy (non-hydrogen) atoms. The highest BCUT2D eigenvalue weighted by atomic mass is 32.2. The number of hydrogen-bond acceptors (Lipinski definition) is 9. The molecule has 7 nitrogen and oxygen atoms in total. The van der Waals surface area contributed by atoms with E-state index in [1.807, 2.05) is 55.5 Å². The number of carbonyl (C=O) groups excluding carboxylic acids is 1. The lowest BCUT2D eigenvalue weighted by Crippen LogP contribution is -2.18. The molecule has 1 amide bonds. The largest absolute Gasteiger partial charge is 0.494 e. The van der Waals surface area contributed by atoms with Crippen LogP contribution in [-0.4, -0.2) is 27.7 Å². The van der Waals surface area contributed by atoms with Crippen LogP contribution in [0.15, 0.2) is 52.9 Å². The smallest absolute Gasteiger partial charge is 0.244 e. The van der Waals surface area contributed by atoms with Crippen LogP contribution in [0.1, 0.15) is 17.7 Å². The summed E-state index contributed by atoms with van der Waals surface area (Å²) < 4.78 is 7.12. The third kappa shape index (κ3) is 4.66. The van der Waals surface area contributed by atoms with Gasteiger partial charge in [0.1, 0.15) is 11.0 Å². The molecule has 0 aliphatic carbocycles. The number of nitrogens with zero attached hydrogens (tertiary/aromatic N) is 3. The second kappa shape index (κ2) is 8.76. The van der Waals surface area contributed by atoms with Gasteiger partial charge in [-0.15, -0.1) is 10.2 Å². The maximum absolute atomic E-state index is 13.1. The van der Waals surface area contributed by atoms with Gasteiger partial charge in [-0.2, -0.15) is 0 Å². The Morgan fingerprint density at radius 2 is 2.03 bits per heavy atom. The molecule has 0 spiro atoms. The lowest BCUT2D eigenvalue weighted by molar-refractivity contribution is -0.115. The van der Waals surface area contributed by atoms with Crippen LogP contribution in [0.3, 0.4) is 0 Å². The van der Waals surface area contributed by atoms with Crippen molar-refractivity contribution in [2.75, 3.05) is 17.7 Å². The molecule has 2 aromatic heterocycles. The normalized spacial score (nSPS) is 12.0. The van der Waals surface area contributed by atoms with Crippen molar-refractivity contribution < 1.29 is 9.53 Å². The molecular formula is C19H17N5O2S3. The molecule has 4 rings (SSSR count). The number of fused-ring (bicyclic) bond motifs is 1. The molecule has 148 valence electrons. The van der Waals surface area contributed by atoms with E-state index in [9.17, 15) is 4.79 Å². The topological polar surface area (TPSA) is 103 Å². The van der Waals surface area contributed by atoms with Crippen LogP contribution in [0.4, 0.5) is 10.3 Å². The summed E-state index contributed by atoms with van der Waals surface area (Å²) in [5.74, 6) is 0.604. The summed E-state index contributed by atoms with van der Waals surface area (Å²) in [6.45, 7) is 2.54. The highest BCUT2D eigenvalue weighted by Gasteiger charge is 2.25. The minimum absolute atomic E-state index is 0.181. The number of anilines is 2. The number of rotatable bonds is 7. The Hall–Kier alpha value is -2.69. The predicted molar refractivity (Wildman–Crippen MR) is 119 cm³/mol. The Morgan fingerprint density at radius 3 is 2.76 bits per heavy atom. The van der Waals surface area contributed by atoms with Crippen LogP contribution in [0, 0.1) is 0 Å². The van der Waals surface area contributed by atoms with Crippen LogP contribution < -0.4 is 15.8 Å². The summed E-state index contributed by atoms with van der Waals surface area (Å²) in [7, 11) is 0. The van der Waals surface area contributed by atoms with E-state index in [4.69, 9.17) is 10.5 Å². The van der Waals surface area contributed by atoms with Crippen LogP contribution >= 0.6 is 34.4 Å². The Kier molecular flexibility index (Phi) is 5.93. The fourth-order valence-electron chi connectivity index (χ4n) is 2.66. The zero-order chi connectivity index (χ0) is 20.2. The monoisotopic (exact) mass is 443 g/mol. The van der Waals surface area contributed by atoms with Gasteiger partial charge in [-0.25, -0.2) is 4.98 Å². The number of nitrogens with one attached hydrogen (secondary N) is 1. The van der Waals surface area contributed by atoms with Gasteiger partial charge in [-0.05, 0) is 30.7 Å². The number of thioether (sulfide) groups is 1. The maximum Gasteiger partial charge on any atom is 0.244 e. The van der Waals surface area contributed by atoms with Crippen LogP contribution in [0.2, 0.25) is 0 Å². The molecule has 0 saturated heterocycles. The lowest BCUT2D eigenvalue weighted by atomic mass is 10.1. The van der Waals surface area contributed by atoms with E-state index in [0.29, 0.717) is 21.2 Å². The highest BCUT2D eigenvalue weighted by Crippen LogP contribution is 2.38. The SMILES string of the molecule is CCOc1ccc2nc(NC(=O)[C@@H](Sc3nnc(N)s3)c3ccccc3)sc2c1. The number of aromatic nitrogens is 3. The number of ether oxygens (including phenoxy) is 1. The van der Waals surface area contributed by atoms with Gasteiger partial charge in [0.25, 0.3) is 0 Å². The molecule has 10 heteroatoms. The zero-order valence-electron chi connectivity index (χ0n) is 15.4. The first kappa shape index (κ1) is 19.6. The average Bonchev–Trinajstić information content (AvgIpc) is 3.31. The molecule has 0 bridgehead atoms. The van der Waals surface area contributed by atoms with E-state index in [2.05, 4.69) is 20.5 Å². The molecule has 0 saturated carbocycles. The minimum atomic E-state index is -0.505. The molecule has 0 aliphatic heterocycles. The fraction of sp³-hybridized carbons (Fsp3) is 0.158. The first-order valence-corrected chi connectivity index (χ1v) is 11.3. The van der Waals surface area contributed by atoms with Gasteiger partial charge < -0.3 is 15.8 Å². The zero-order valence-corrected chi connectivity index (χ0v) is 17.8. The van der Waals surface area contributed by atoms with Crippen molar-refractivity contribution in [3.63, 3.8) is 0 Å². The van der Waals surface area contributed by atoms with Gasteiger partial charge in [-0.3, -0.25) is 4.79 Å². The molecule has 3 N–H and O–H groups in total. The van der Waals surface area contributed by atoms with Crippen molar-refractivity contribution in [3.05, 3.63) is 54.1 Å². The summed E-state index contributed by atoms with van der Waals surface area (Å²) >= 11 is 3.98. The summed E-state index contributed by atoms with van der Waals surface area (Å²) in [6, 6.07) is 15.2. The number of nitrogen functional groups attached to an aromatic ring is 1. The maximum atomic E-state index is 13.1. The highest BCUT2D eigenvalue weighted by molar-refractivity contribution is 8.02. The van der Waals surface area contributed by atoms with Gasteiger partial charge >= 0.3 is 0 Å². The Morgan fingerprint density at radius 1 is 1.21 bits per heavy atom. The number of nitrogens with two attached hydrogens (primary N) is 1. The van der Waals surface area contributed by atoms with Crippen molar-refractivity contribution in [1.29, 1.82) is 0 Å². The van der Waals surface area contributed by atoms with Crippen molar-refractivity contribution in [3.8, 4) is 5.75 Å². The molecule has 1 atom stereocenters. The second-order valence-corrected chi connectivity index (χ2v) is 9.28. The Labute approximate surface area is 179 Å². The van der Waals surface area contributed by atoms with Gasteiger partial charge in [0.05, 0.1) is 16.8 Å². The van der Waals surface area contributed by atoms with Crippen molar-refractivity contribution in [2.45, 2.75) is 16.5 Å². The molecule has 2 aromatic carbocycles. The van der Waals surface area contributed by atoms with Crippen LogP contribution in [0.5, 0.6) is 5.75 Å².